The standard InChI is InChI=1S/C11H15F2N5O.HI/c12-10(13)8-1-2-15-9(17-8)7-16-11(14)18-3-5-19-6-4-18;/h1-2,10H,3-7H2,(H2,14,16);1H. The van der Waals surface area contributed by atoms with Crippen LogP contribution >= 0.6 is 24.0 Å². The van der Waals surface area contributed by atoms with Gasteiger partial charge in [-0.05, 0) is 6.07 Å². The lowest BCUT2D eigenvalue weighted by molar-refractivity contribution is 0.0674. The molecule has 2 heterocycles. The average Bonchev–Trinajstić information content (AvgIpc) is 2.46. The fraction of sp³-hybridized carbons (Fsp3) is 0.545. The average molecular weight is 399 g/mol. The Balaban J connectivity index is 0.00000200. The van der Waals surface area contributed by atoms with Crippen LogP contribution in [0.5, 0.6) is 0 Å². The van der Waals surface area contributed by atoms with Crippen LogP contribution in [-0.2, 0) is 11.3 Å². The number of rotatable bonds is 3. The van der Waals surface area contributed by atoms with Crippen LogP contribution in [0, 0.1) is 0 Å². The SMILES string of the molecule is I.NC(=NCc1nccc(C(F)F)n1)N1CCOCC1. The van der Waals surface area contributed by atoms with E-state index in [2.05, 4.69) is 15.0 Å². The molecule has 9 heteroatoms. The number of aliphatic imine (C=N–C) groups is 1. The normalized spacial score (nSPS) is 16.1. The smallest absolute Gasteiger partial charge is 0.280 e. The van der Waals surface area contributed by atoms with E-state index in [9.17, 15) is 8.78 Å². The van der Waals surface area contributed by atoms with Crippen LogP contribution in [0.2, 0.25) is 0 Å². The van der Waals surface area contributed by atoms with Crippen LogP contribution in [-0.4, -0.2) is 47.1 Å². The zero-order chi connectivity index (χ0) is 13.7. The quantitative estimate of drug-likeness (QED) is 0.470. The molecule has 1 saturated heterocycles. The van der Waals surface area contributed by atoms with Crippen molar-refractivity contribution in [3.63, 3.8) is 0 Å². The minimum absolute atomic E-state index is 0. The first-order valence-corrected chi connectivity index (χ1v) is 5.89. The minimum Gasteiger partial charge on any atom is -0.378 e. The first-order valence-electron chi connectivity index (χ1n) is 5.89. The predicted octanol–water partition coefficient (Wildman–Crippen LogP) is 1.18. The van der Waals surface area contributed by atoms with Gasteiger partial charge < -0.3 is 15.4 Å². The zero-order valence-electron chi connectivity index (χ0n) is 10.7. The third-order valence-corrected chi connectivity index (χ3v) is 2.67. The molecule has 112 valence electrons. The molecular weight excluding hydrogens is 383 g/mol. The van der Waals surface area contributed by atoms with Crippen LogP contribution in [0.1, 0.15) is 17.9 Å². The largest absolute Gasteiger partial charge is 0.378 e. The van der Waals surface area contributed by atoms with Crippen molar-refractivity contribution in [3.05, 3.63) is 23.8 Å². The number of aromatic nitrogens is 2. The number of ether oxygens (including phenoxy) is 1. The molecule has 1 aromatic heterocycles. The van der Waals surface area contributed by atoms with Gasteiger partial charge >= 0.3 is 0 Å². The molecule has 0 saturated carbocycles. The maximum Gasteiger partial charge on any atom is 0.280 e. The van der Waals surface area contributed by atoms with Gasteiger partial charge in [-0.1, -0.05) is 0 Å². The Labute approximate surface area is 132 Å². The van der Waals surface area contributed by atoms with Crippen LogP contribution in [0.3, 0.4) is 0 Å². The van der Waals surface area contributed by atoms with Crippen molar-refractivity contribution in [2.45, 2.75) is 13.0 Å². The van der Waals surface area contributed by atoms with E-state index in [-0.39, 0.29) is 42.0 Å². The molecule has 1 aliphatic heterocycles. The van der Waals surface area contributed by atoms with E-state index >= 15 is 0 Å². The molecule has 0 aliphatic carbocycles. The minimum atomic E-state index is -2.61. The maximum absolute atomic E-state index is 12.5. The molecule has 0 spiro atoms. The van der Waals surface area contributed by atoms with Gasteiger partial charge in [0.25, 0.3) is 6.43 Å². The van der Waals surface area contributed by atoms with Crippen molar-refractivity contribution in [3.8, 4) is 0 Å². The highest BCUT2D eigenvalue weighted by Gasteiger charge is 2.13. The number of nitrogens with zero attached hydrogens (tertiary/aromatic N) is 4. The third kappa shape index (κ3) is 4.78. The molecule has 0 atom stereocenters. The zero-order valence-corrected chi connectivity index (χ0v) is 13.0. The number of alkyl halides is 2. The van der Waals surface area contributed by atoms with Gasteiger partial charge in [-0.15, -0.1) is 24.0 Å². The summed E-state index contributed by atoms with van der Waals surface area (Å²) < 4.78 is 30.1. The number of hydrogen-bond acceptors (Lipinski definition) is 4. The maximum atomic E-state index is 12.5. The summed E-state index contributed by atoms with van der Waals surface area (Å²) in [6.45, 7) is 2.64. The first-order chi connectivity index (χ1) is 9.16. The highest BCUT2D eigenvalue weighted by molar-refractivity contribution is 14.0. The van der Waals surface area contributed by atoms with Gasteiger partial charge in [0.15, 0.2) is 5.96 Å². The molecule has 1 aliphatic rings. The highest BCUT2D eigenvalue weighted by atomic mass is 127. The van der Waals surface area contributed by atoms with E-state index in [4.69, 9.17) is 10.5 Å². The summed E-state index contributed by atoms with van der Waals surface area (Å²) in [5, 5.41) is 0. The second-order valence-electron chi connectivity index (χ2n) is 3.97. The summed E-state index contributed by atoms with van der Waals surface area (Å²) in [5.41, 5.74) is 5.51. The molecule has 6 nitrogen and oxygen atoms in total. The number of guanidine groups is 1. The Morgan fingerprint density at radius 3 is 2.80 bits per heavy atom. The van der Waals surface area contributed by atoms with Crippen LogP contribution in [0.4, 0.5) is 8.78 Å². The molecule has 0 radical (unpaired) electrons. The van der Waals surface area contributed by atoms with Gasteiger partial charge in [0.05, 0.1) is 13.2 Å². The van der Waals surface area contributed by atoms with Crippen molar-refractivity contribution in [1.82, 2.24) is 14.9 Å². The lowest BCUT2D eigenvalue weighted by Crippen LogP contribution is -2.44. The van der Waals surface area contributed by atoms with Crippen LogP contribution < -0.4 is 5.73 Å². The highest BCUT2D eigenvalue weighted by Crippen LogP contribution is 2.15. The molecule has 0 unspecified atom stereocenters. The molecule has 0 bridgehead atoms. The second-order valence-corrected chi connectivity index (χ2v) is 3.97. The topological polar surface area (TPSA) is 76.6 Å². The molecule has 2 rings (SSSR count). The van der Waals surface area contributed by atoms with Crippen molar-refractivity contribution in [1.29, 1.82) is 0 Å². The summed E-state index contributed by atoms with van der Waals surface area (Å²) in [5.74, 6) is 0.586. The molecule has 20 heavy (non-hydrogen) atoms. The Hall–Kier alpha value is -1.10. The van der Waals surface area contributed by atoms with Crippen molar-refractivity contribution in [2.75, 3.05) is 26.3 Å². The molecular formula is C11H16F2IN5O. The second kappa shape index (κ2) is 8.25. The van der Waals surface area contributed by atoms with E-state index in [0.717, 1.165) is 0 Å². The molecule has 1 fully saturated rings. The number of halogens is 3. The van der Waals surface area contributed by atoms with Gasteiger partial charge in [-0.25, -0.2) is 23.7 Å². The number of nitrogens with two attached hydrogens (primary N) is 1. The van der Waals surface area contributed by atoms with E-state index in [0.29, 0.717) is 32.3 Å². The van der Waals surface area contributed by atoms with Gasteiger partial charge in [0.1, 0.15) is 18.1 Å². The van der Waals surface area contributed by atoms with Crippen LogP contribution in [0.15, 0.2) is 17.3 Å². The number of hydrogen-bond donors (Lipinski definition) is 1. The molecule has 0 amide bonds. The molecule has 1 aromatic rings. The van der Waals surface area contributed by atoms with E-state index in [1.165, 1.54) is 12.3 Å². The molecule has 2 N–H and O–H groups in total. The Bertz CT molecular complexity index is 454. The Morgan fingerprint density at radius 2 is 2.15 bits per heavy atom. The van der Waals surface area contributed by atoms with Crippen molar-refractivity contribution < 1.29 is 13.5 Å². The summed E-state index contributed by atoms with van der Waals surface area (Å²) in [6, 6.07) is 1.18. The summed E-state index contributed by atoms with van der Waals surface area (Å²) in [6.07, 6.45) is -1.31. The van der Waals surface area contributed by atoms with Gasteiger partial charge in [0, 0.05) is 19.3 Å². The lowest BCUT2D eigenvalue weighted by Gasteiger charge is -2.27. The van der Waals surface area contributed by atoms with Crippen LogP contribution in [0.25, 0.3) is 0 Å². The number of morpholine rings is 1. The van der Waals surface area contributed by atoms with E-state index < -0.39 is 6.43 Å². The summed E-state index contributed by atoms with van der Waals surface area (Å²) >= 11 is 0. The first kappa shape index (κ1) is 17.0. The third-order valence-electron chi connectivity index (χ3n) is 2.67. The summed E-state index contributed by atoms with van der Waals surface area (Å²) in [7, 11) is 0. The molecule has 0 aromatic carbocycles. The van der Waals surface area contributed by atoms with Gasteiger partial charge in [0.2, 0.25) is 0 Å². The van der Waals surface area contributed by atoms with Crippen molar-refractivity contribution >= 4 is 29.9 Å². The fourth-order valence-corrected chi connectivity index (χ4v) is 1.66. The van der Waals surface area contributed by atoms with E-state index in [1.54, 1.807) is 0 Å². The Morgan fingerprint density at radius 1 is 1.45 bits per heavy atom. The summed E-state index contributed by atoms with van der Waals surface area (Å²) in [4.78, 5) is 13.6. The van der Waals surface area contributed by atoms with Gasteiger partial charge in [-0.2, -0.15) is 0 Å². The van der Waals surface area contributed by atoms with Crippen molar-refractivity contribution in [2.24, 2.45) is 10.7 Å². The predicted molar refractivity (Wildman–Crippen MR) is 80.1 cm³/mol. The monoisotopic (exact) mass is 399 g/mol. The fourth-order valence-electron chi connectivity index (χ4n) is 1.66. The van der Waals surface area contributed by atoms with E-state index in [1.807, 2.05) is 4.90 Å². The lowest BCUT2D eigenvalue weighted by atomic mass is 10.4. The van der Waals surface area contributed by atoms with Gasteiger partial charge in [-0.3, -0.25) is 0 Å². The Kier molecular flexibility index (Phi) is 6.99.